The second-order valence-electron chi connectivity index (χ2n) is 8.11. The van der Waals surface area contributed by atoms with Gasteiger partial charge in [-0.25, -0.2) is 0 Å². The number of methoxy groups -OCH3 is 1. The van der Waals surface area contributed by atoms with E-state index in [1.807, 2.05) is 55.5 Å². The maximum Gasteiger partial charge on any atom is 0.262 e. The van der Waals surface area contributed by atoms with Gasteiger partial charge >= 0.3 is 0 Å². The van der Waals surface area contributed by atoms with Gasteiger partial charge in [-0.1, -0.05) is 17.7 Å². The van der Waals surface area contributed by atoms with Crippen molar-refractivity contribution in [3.63, 3.8) is 0 Å². The minimum atomic E-state index is -0.238. The lowest BCUT2D eigenvalue weighted by Crippen LogP contribution is -2.36. The van der Waals surface area contributed by atoms with Gasteiger partial charge in [0, 0.05) is 30.7 Å². The molecule has 3 aromatic carbocycles. The van der Waals surface area contributed by atoms with E-state index in [0.717, 1.165) is 52.4 Å². The number of aryl methyl sites for hydroxylation is 1. The Kier molecular flexibility index (Phi) is 8.59. The van der Waals surface area contributed by atoms with E-state index in [4.69, 9.17) is 14.2 Å². The lowest BCUT2D eigenvalue weighted by atomic mass is 10.2. The highest BCUT2D eigenvalue weighted by molar-refractivity contribution is 14.1. The highest BCUT2D eigenvalue weighted by Crippen LogP contribution is 2.34. The number of halogens is 1. The van der Waals surface area contributed by atoms with Gasteiger partial charge in [-0.3, -0.25) is 9.79 Å². The summed E-state index contributed by atoms with van der Waals surface area (Å²) in [6.45, 7) is 5.21. The number of nitrogens with zero attached hydrogens (tertiary/aromatic N) is 2. The summed E-state index contributed by atoms with van der Waals surface area (Å²) in [6.07, 6.45) is 1.79. The van der Waals surface area contributed by atoms with Crippen molar-refractivity contribution in [2.75, 3.05) is 50.2 Å². The number of hydrogen-bond donors (Lipinski definition) is 1. The fourth-order valence-electron chi connectivity index (χ4n) is 3.65. The highest BCUT2D eigenvalue weighted by Gasteiger charge is 2.14. The molecule has 1 aliphatic heterocycles. The van der Waals surface area contributed by atoms with Gasteiger partial charge in [-0.15, -0.1) is 0 Å². The lowest BCUT2D eigenvalue weighted by molar-refractivity contribution is -0.118. The Labute approximate surface area is 219 Å². The number of benzene rings is 3. The van der Waals surface area contributed by atoms with Crippen LogP contribution in [-0.2, 0) is 9.53 Å². The summed E-state index contributed by atoms with van der Waals surface area (Å²) in [5.41, 5.74) is 4.78. The van der Waals surface area contributed by atoms with Crippen molar-refractivity contribution in [1.29, 1.82) is 0 Å². The zero-order chi connectivity index (χ0) is 24.6. The minimum Gasteiger partial charge on any atom is -0.493 e. The van der Waals surface area contributed by atoms with Gasteiger partial charge in [-0.2, -0.15) is 0 Å². The Hall–Kier alpha value is -3.11. The summed E-state index contributed by atoms with van der Waals surface area (Å²) in [7, 11) is 1.58. The molecule has 1 amide bonds. The quantitative estimate of drug-likeness (QED) is 0.290. The first-order valence-electron chi connectivity index (χ1n) is 11.4. The molecule has 0 unspecified atom stereocenters. The monoisotopic (exact) mass is 585 g/mol. The van der Waals surface area contributed by atoms with Gasteiger partial charge in [0.1, 0.15) is 0 Å². The van der Waals surface area contributed by atoms with Gasteiger partial charge in [0.05, 0.1) is 29.6 Å². The van der Waals surface area contributed by atoms with Gasteiger partial charge in [0.15, 0.2) is 18.1 Å². The molecule has 182 valence electrons. The Bertz CT molecular complexity index is 1170. The first kappa shape index (κ1) is 25.0. The molecule has 0 bridgehead atoms. The molecule has 0 aromatic heterocycles. The van der Waals surface area contributed by atoms with Gasteiger partial charge in [0.25, 0.3) is 5.91 Å². The summed E-state index contributed by atoms with van der Waals surface area (Å²) >= 11 is 2.18. The molecule has 4 rings (SSSR count). The van der Waals surface area contributed by atoms with Crippen molar-refractivity contribution in [3.8, 4) is 11.5 Å². The van der Waals surface area contributed by atoms with Crippen molar-refractivity contribution in [2.45, 2.75) is 6.92 Å². The summed E-state index contributed by atoms with van der Waals surface area (Å²) < 4.78 is 17.6. The van der Waals surface area contributed by atoms with Crippen molar-refractivity contribution >= 4 is 51.8 Å². The van der Waals surface area contributed by atoms with Gasteiger partial charge in [0.2, 0.25) is 0 Å². The standard InChI is InChI=1S/C27H28IN3O4/c1-19-3-5-22(6-4-19)30-26(32)18-35-27-24(28)15-20(16-25(27)33-2)17-29-21-7-9-23(10-8-21)31-11-13-34-14-12-31/h3-10,15-17H,11-14,18H2,1-2H3,(H,30,32). The van der Waals surface area contributed by atoms with Crippen LogP contribution in [0.3, 0.4) is 0 Å². The van der Waals surface area contributed by atoms with Crippen LogP contribution in [0, 0.1) is 10.5 Å². The first-order valence-corrected chi connectivity index (χ1v) is 12.4. The number of anilines is 2. The van der Waals surface area contributed by atoms with Crippen LogP contribution in [0.5, 0.6) is 11.5 Å². The largest absolute Gasteiger partial charge is 0.493 e. The van der Waals surface area contributed by atoms with E-state index in [1.165, 1.54) is 5.69 Å². The van der Waals surface area contributed by atoms with E-state index in [0.29, 0.717) is 11.5 Å². The van der Waals surface area contributed by atoms with Crippen LogP contribution in [0.2, 0.25) is 0 Å². The molecule has 0 saturated carbocycles. The summed E-state index contributed by atoms with van der Waals surface area (Å²) in [5.74, 6) is 0.834. The Balaban J connectivity index is 1.39. The number of morpholine rings is 1. The Morgan fingerprint density at radius 3 is 2.51 bits per heavy atom. The molecule has 1 aliphatic rings. The number of aliphatic imine (C=N–C) groups is 1. The van der Waals surface area contributed by atoms with Crippen LogP contribution in [0.15, 0.2) is 65.7 Å². The van der Waals surface area contributed by atoms with E-state index < -0.39 is 0 Å². The number of hydrogen-bond acceptors (Lipinski definition) is 6. The third kappa shape index (κ3) is 6.95. The molecular weight excluding hydrogens is 557 g/mol. The SMILES string of the molecule is COc1cc(C=Nc2ccc(N3CCOCC3)cc2)cc(I)c1OCC(=O)Nc1ccc(C)cc1. The number of nitrogens with one attached hydrogen (secondary N) is 1. The van der Waals surface area contributed by atoms with Gasteiger partial charge < -0.3 is 24.4 Å². The van der Waals surface area contributed by atoms with Crippen molar-refractivity contribution < 1.29 is 19.0 Å². The van der Waals surface area contributed by atoms with Gasteiger partial charge in [-0.05, 0) is 83.6 Å². The predicted octanol–water partition coefficient (Wildman–Crippen LogP) is 5.21. The smallest absolute Gasteiger partial charge is 0.262 e. The maximum atomic E-state index is 12.3. The molecule has 0 atom stereocenters. The molecule has 0 spiro atoms. The van der Waals surface area contributed by atoms with Crippen molar-refractivity contribution in [3.05, 3.63) is 75.4 Å². The molecule has 8 heteroatoms. The maximum absolute atomic E-state index is 12.3. The molecule has 0 aliphatic carbocycles. The molecule has 7 nitrogen and oxygen atoms in total. The first-order chi connectivity index (χ1) is 17.0. The molecule has 0 radical (unpaired) electrons. The van der Waals surface area contributed by atoms with E-state index in [1.54, 1.807) is 13.3 Å². The molecule has 3 aromatic rings. The van der Waals surface area contributed by atoms with Crippen LogP contribution in [0.25, 0.3) is 0 Å². The summed E-state index contributed by atoms with van der Waals surface area (Å²) in [6, 6.07) is 19.6. The molecule has 1 saturated heterocycles. The fourth-order valence-corrected chi connectivity index (χ4v) is 4.43. The number of amides is 1. The van der Waals surface area contributed by atoms with Crippen molar-refractivity contribution in [1.82, 2.24) is 0 Å². The Morgan fingerprint density at radius 1 is 1.11 bits per heavy atom. The predicted molar refractivity (Wildman–Crippen MR) is 148 cm³/mol. The van der Waals surface area contributed by atoms with E-state index in [-0.39, 0.29) is 12.5 Å². The van der Waals surface area contributed by atoms with Crippen molar-refractivity contribution in [2.24, 2.45) is 4.99 Å². The minimum absolute atomic E-state index is 0.122. The average Bonchev–Trinajstić information content (AvgIpc) is 2.88. The molecule has 1 heterocycles. The zero-order valence-corrected chi connectivity index (χ0v) is 21.9. The fraction of sp³-hybridized carbons (Fsp3) is 0.259. The van der Waals surface area contributed by atoms with E-state index >= 15 is 0 Å². The molecule has 35 heavy (non-hydrogen) atoms. The summed E-state index contributed by atoms with van der Waals surface area (Å²) in [4.78, 5) is 19.2. The van der Waals surface area contributed by atoms with E-state index in [2.05, 4.69) is 49.9 Å². The van der Waals surface area contributed by atoms with Crippen LogP contribution >= 0.6 is 22.6 Å². The second kappa shape index (κ2) is 12.0. The Morgan fingerprint density at radius 2 is 1.83 bits per heavy atom. The second-order valence-corrected chi connectivity index (χ2v) is 9.27. The number of carbonyl (C=O) groups excluding carboxylic acids is 1. The van der Waals surface area contributed by atoms with Crippen LogP contribution in [-0.4, -0.2) is 52.1 Å². The topological polar surface area (TPSA) is 72.4 Å². The molecular formula is C27H28IN3O4. The molecule has 1 N–H and O–H groups in total. The van der Waals surface area contributed by atoms with Crippen LogP contribution in [0.4, 0.5) is 17.1 Å². The number of ether oxygens (including phenoxy) is 3. The third-order valence-electron chi connectivity index (χ3n) is 5.52. The zero-order valence-electron chi connectivity index (χ0n) is 19.8. The highest BCUT2D eigenvalue weighted by atomic mass is 127. The lowest BCUT2D eigenvalue weighted by Gasteiger charge is -2.28. The normalized spacial score (nSPS) is 13.6. The number of rotatable bonds is 8. The van der Waals surface area contributed by atoms with Crippen LogP contribution in [0.1, 0.15) is 11.1 Å². The third-order valence-corrected chi connectivity index (χ3v) is 6.32. The van der Waals surface area contributed by atoms with E-state index in [9.17, 15) is 4.79 Å². The average molecular weight is 585 g/mol. The number of carbonyl (C=O) groups is 1. The molecule has 1 fully saturated rings. The summed E-state index contributed by atoms with van der Waals surface area (Å²) in [5, 5.41) is 2.83. The van der Waals surface area contributed by atoms with Crippen LogP contribution < -0.4 is 19.7 Å².